The fraction of sp³-hybridized carbons (Fsp3) is 0.625. The first-order chi connectivity index (χ1) is 10.1. The number of aromatic nitrogens is 1. The van der Waals surface area contributed by atoms with Crippen molar-refractivity contribution in [2.75, 3.05) is 25.6 Å². The Morgan fingerprint density at radius 1 is 1.52 bits per heavy atom. The second kappa shape index (κ2) is 7.41. The van der Waals surface area contributed by atoms with Crippen LogP contribution in [0.4, 0.5) is 5.82 Å². The fourth-order valence-corrected chi connectivity index (χ4v) is 2.83. The summed E-state index contributed by atoms with van der Waals surface area (Å²) in [5.41, 5.74) is 1.03. The van der Waals surface area contributed by atoms with Crippen molar-refractivity contribution in [3.05, 3.63) is 23.9 Å². The van der Waals surface area contributed by atoms with Crippen LogP contribution in [-0.4, -0.2) is 37.7 Å². The molecule has 1 saturated heterocycles. The van der Waals surface area contributed by atoms with Gasteiger partial charge in [-0.3, -0.25) is 4.79 Å². The van der Waals surface area contributed by atoms with Crippen LogP contribution >= 0.6 is 0 Å². The van der Waals surface area contributed by atoms with Gasteiger partial charge in [-0.1, -0.05) is 13.0 Å². The van der Waals surface area contributed by atoms with Gasteiger partial charge in [0.1, 0.15) is 5.82 Å². The highest BCUT2D eigenvalue weighted by Gasteiger charge is 2.30. The maximum atomic E-state index is 12.4. The number of rotatable bonds is 5. The van der Waals surface area contributed by atoms with E-state index in [-0.39, 0.29) is 17.9 Å². The molecule has 1 aromatic rings. The molecule has 1 aliphatic heterocycles. The van der Waals surface area contributed by atoms with Crippen LogP contribution in [0.1, 0.15) is 31.7 Å². The van der Waals surface area contributed by atoms with E-state index in [2.05, 4.69) is 17.2 Å². The first-order valence-electron chi connectivity index (χ1n) is 7.64. The number of carbonyl (C=O) groups excluding carboxylic acids is 1. The third-order valence-electron chi connectivity index (χ3n) is 3.92. The predicted octanol–water partition coefficient (Wildman–Crippen LogP) is 1.97. The van der Waals surface area contributed by atoms with Crippen LogP contribution in [0.15, 0.2) is 18.3 Å². The normalized spacial score (nSPS) is 21.9. The van der Waals surface area contributed by atoms with Crippen molar-refractivity contribution in [2.45, 2.75) is 38.8 Å². The molecule has 1 fully saturated rings. The van der Waals surface area contributed by atoms with Crippen LogP contribution in [0.3, 0.4) is 0 Å². The Morgan fingerprint density at radius 2 is 2.33 bits per heavy atom. The van der Waals surface area contributed by atoms with Crippen molar-refractivity contribution in [3.63, 3.8) is 0 Å². The Balaban J connectivity index is 1.97. The van der Waals surface area contributed by atoms with Crippen molar-refractivity contribution in [3.8, 4) is 0 Å². The number of hydrogen-bond acceptors (Lipinski definition) is 4. The molecule has 0 spiro atoms. The van der Waals surface area contributed by atoms with Crippen LogP contribution in [0.2, 0.25) is 0 Å². The Morgan fingerprint density at radius 3 is 3.05 bits per heavy atom. The lowest BCUT2D eigenvalue weighted by Gasteiger charge is -2.30. The molecule has 0 aromatic carbocycles. The molecule has 1 N–H and O–H groups in total. The number of pyridine rings is 1. The minimum atomic E-state index is -0.0248. The zero-order chi connectivity index (χ0) is 15.2. The van der Waals surface area contributed by atoms with Crippen molar-refractivity contribution in [2.24, 2.45) is 5.92 Å². The first-order valence-corrected chi connectivity index (χ1v) is 7.64. The zero-order valence-corrected chi connectivity index (χ0v) is 13.1. The van der Waals surface area contributed by atoms with Gasteiger partial charge in [-0.05, 0) is 25.3 Å². The summed E-state index contributed by atoms with van der Waals surface area (Å²) in [6, 6.07) is 3.89. The van der Waals surface area contributed by atoms with E-state index in [0.29, 0.717) is 6.54 Å². The summed E-state index contributed by atoms with van der Waals surface area (Å²) in [6.07, 6.45) is 4.58. The first kappa shape index (κ1) is 15.8. The number of hydrogen-bond donors (Lipinski definition) is 1. The van der Waals surface area contributed by atoms with Gasteiger partial charge in [0, 0.05) is 39.0 Å². The summed E-state index contributed by atoms with van der Waals surface area (Å²) < 4.78 is 5.69. The van der Waals surface area contributed by atoms with E-state index in [4.69, 9.17) is 4.74 Å². The molecule has 2 rings (SSSR count). The summed E-state index contributed by atoms with van der Waals surface area (Å²) in [6.45, 7) is 3.35. The summed E-state index contributed by atoms with van der Waals surface area (Å²) in [4.78, 5) is 18.7. The minimum Gasteiger partial charge on any atom is -0.377 e. The van der Waals surface area contributed by atoms with Gasteiger partial charge < -0.3 is 15.0 Å². The van der Waals surface area contributed by atoms with E-state index in [1.807, 2.05) is 31.1 Å². The van der Waals surface area contributed by atoms with Gasteiger partial charge in [-0.25, -0.2) is 4.98 Å². The second-order valence-corrected chi connectivity index (χ2v) is 5.66. The van der Waals surface area contributed by atoms with Crippen LogP contribution in [0.25, 0.3) is 0 Å². The highest BCUT2D eigenvalue weighted by molar-refractivity contribution is 5.79. The molecule has 116 valence electrons. The average Bonchev–Trinajstić information content (AvgIpc) is 2.52. The lowest BCUT2D eigenvalue weighted by atomic mass is 9.92. The van der Waals surface area contributed by atoms with Gasteiger partial charge in [0.15, 0.2) is 0 Å². The fourth-order valence-electron chi connectivity index (χ4n) is 2.83. The highest BCUT2D eigenvalue weighted by Crippen LogP contribution is 2.23. The quantitative estimate of drug-likeness (QED) is 0.901. The summed E-state index contributed by atoms with van der Waals surface area (Å²) >= 11 is 0. The van der Waals surface area contributed by atoms with Crippen LogP contribution < -0.4 is 10.2 Å². The van der Waals surface area contributed by atoms with Crippen molar-refractivity contribution >= 4 is 11.7 Å². The van der Waals surface area contributed by atoms with Crippen molar-refractivity contribution in [1.82, 2.24) is 10.3 Å². The zero-order valence-electron chi connectivity index (χ0n) is 13.1. The molecule has 2 unspecified atom stereocenters. The number of carbonyl (C=O) groups is 1. The number of amides is 1. The molecular weight excluding hydrogens is 266 g/mol. The standard InChI is InChI=1S/C16H25N3O2/c1-4-14-13(8-6-10-21-14)16(20)18-11-12-7-5-9-17-15(12)19(2)3/h5,7,9,13-14H,4,6,8,10-11H2,1-3H3,(H,18,20). The molecule has 0 bridgehead atoms. The van der Waals surface area contributed by atoms with Gasteiger partial charge in [0.25, 0.3) is 0 Å². The highest BCUT2D eigenvalue weighted by atomic mass is 16.5. The Labute approximate surface area is 126 Å². The van der Waals surface area contributed by atoms with Crippen LogP contribution in [0, 0.1) is 5.92 Å². The van der Waals surface area contributed by atoms with E-state index in [0.717, 1.165) is 37.3 Å². The maximum Gasteiger partial charge on any atom is 0.226 e. The van der Waals surface area contributed by atoms with Crippen molar-refractivity contribution in [1.29, 1.82) is 0 Å². The molecule has 1 amide bonds. The second-order valence-electron chi connectivity index (χ2n) is 5.66. The van der Waals surface area contributed by atoms with Crippen molar-refractivity contribution < 1.29 is 9.53 Å². The molecule has 0 radical (unpaired) electrons. The smallest absolute Gasteiger partial charge is 0.226 e. The topological polar surface area (TPSA) is 54.5 Å². The molecule has 2 atom stereocenters. The van der Waals surface area contributed by atoms with E-state index in [1.54, 1.807) is 6.20 Å². The number of nitrogens with zero attached hydrogens (tertiary/aromatic N) is 2. The Kier molecular flexibility index (Phi) is 5.56. The maximum absolute atomic E-state index is 12.4. The SMILES string of the molecule is CCC1OCCCC1C(=O)NCc1cccnc1N(C)C. The molecule has 21 heavy (non-hydrogen) atoms. The van der Waals surface area contributed by atoms with E-state index in [1.165, 1.54) is 0 Å². The third kappa shape index (κ3) is 3.94. The Hall–Kier alpha value is -1.62. The lowest BCUT2D eigenvalue weighted by Crippen LogP contribution is -2.41. The monoisotopic (exact) mass is 291 g/mol. The summed E-state index contributed by atoms with van der Waals surface area (Å²) in [7, 11) is 3.91. The molecule has 2 heterocycles. The summed E-state index contributed by atoms with van der Waals surface area (Å²) in [5, 5.41) is 3.04. The van der Waals surface area contributed by atoms with Gasteiger partial charge >= 0.3 is 0 Å². The minimum absolute atomic E-state index is 0.0248. The Bertz CT molecular complexity index is 476. The molecular formula is C16H25N3O2. The largest absolute Gasteiger partial charge is 0.377 e. The average molecular weight is 291 g/mol. The number of ether oxygens (including phenoxy) is 1. The van der Waals surface area contributed by atoms with E-state index >= 15 is 0 Å². The van der Waals surface area contributed by atoms with E-state index < -0.39 is 0 Å². The van der Waals surface area contributed by atoms with Gasteiger partial charge in [-0.15, -0.1) is 0 Å². The van der Waals surface area contributed by atoms with Gasteiger partial charge in [-0.2, -0.15) is 0 Å². The molecule has 0 saturated carbocycles. The molecule has 1 aliphatic rings. The molecule has 5 heteroatoms. The van der Waals surface area contributed by atoms with Gasteiger partial charge in [0.2, 0.25) is 5.91 Å². The lowest BCUT2D eigenvalue weighted by molar-refractivity contribution is -0.134. The molecule has 5 nitrogen and oxygen atoms in total. The molecule has 0 aliphatic carbocycles. The van der Waals surface area contributed by atoms with Crippen LogP contribution in [-0.2, 0) is 16.1 Å². The summed E-state index contributed by atoms with van der Waals surface area (Å²) in [5.74, 6) is 0.961. The molecule has 1 aromatic heterocycles. The van der Waals surface area contributed by atoms with Gasteiger partial charge in [0.05, 0.1) is 12.0 Å². The van der Waals surface area contributed by atoms with Crippen LogP contribution in [0.5, 0.6) is 0 Å². The number of nitrogens with one attached hydrogen (secondary N) is 1. The number of anilines is 1. The third-order valence-corrected chi connectivity index (χ3v) is 3.92. The van der Waals surface area contributed by atoms with E-state index in [9.17, 15) is 4.79 Å². The predicted molar refractivity (Wildman–Crippen MR) is 83.2 cm³/mol.